The second kappa shape index (κ2) is 4.98. The quantitative estimate of drug-likeness (QED) is 0.772. The first-order chi connectivity index (χ1) is 7.06. The number of ether oxygens (including phenoxy) is 1. The molecule has 0 aliphatic heterocycles. The molecule has 0 fully saturated rings. The standard InChI is InChI=1S/C11H17NO3/c1-4-14-11(13)10-6-5-9(15-10)7(2)8(3)12/h5-8H,4,12H2,1-3H3. The van der Waals surface area contributed by atoms with Crippen molar-refractivity contribution in [1.82, 2.24) is 0 Å². The third-order valence-corrected chi connectivity index (χ3v) is 2.34. The highest BCUT2D eigenvalue weighted by Crippen LogP contribution is 2.20. The van der Waals surface area contributed by atoms with E-state index in [1.807, 2.05) is 13.8 Å². The molecule has 1 heterocycles. The Kier molecular flexibility index (Phi) is 3.91. The zero-order valence-electron chi connectivity index (χ0n) is 9.32. The predicted molar refractivity (Wildman–Crippen MR) is 56.7 cm³/mol. The van der Waals surface area contributed by atoms with E-state index in [0.29, 0.717) is 12.4 Å². The fourth-order valence-electron chi connectivity index (χ4n) is 1.17. The third kappa shape index (κ3) is 2.83. The van der Waals surface area contributed by atoms with Crippen LogP contribution in [0.4, 0.5) is 0 Å². The third-order valence-electron chi connectivity index (χ3n) is 2.34. The van der Waals surface area contributed by atoms with Crippen LogP contribution in [-0.4, -0.2) is 18.6 Å². The van der Waals surface area contributed by atoms with Gasteiger partial charge in [0.2, 0.25) is 5.76 Å². The van der Waals surface area contributed by atoms with Crippen molar-refractivity contribution >= 4 is 5.97 Å². The highest BCUT2D eigenvalue weighted by atomic mass is 16.5. The van der Waals surface area contributed by atoms with Gasteiger partial charge in [0, 0.05) is 12.0 Å². The van der Waals surface area contributed by atoms with E-state index in [1.54, 1.807) is 19.1 Å². The van der Waals surface area contributed by atoms with Crippen LogP contribution in [0, 0.1) is 0 Å². The summed E-state index contributed by atoms with van der Waals surface area (Å²) >= 11 is 0. The molecule has 0 saturated carbocycles. The van der Waals surface area contributed by atoms with Gasteiger partial charge in [-0.25, -0.2) is 4.79 Å². The highest BCUT2D eigenvalue weighted by molar-refractivity contribution is 5.86. The van der Waals surface area contributed by atoms with E-state index in [-0.39, 0.29) is 17.7 Å². The van der Waals surface area contributed by atoms with E-state index in [0.717, 1.165) is 0 Å². The highest BCUT2D eigenvalue weighted by Gasteiger charge is 2.17. The molecule has 0 bridgehead atoms. The number of hydrogen-bond acceptors (Lipinski definition) is 4. The Balaban J connectivity index is 2.76. The summed E-state index contributed by atoms with van der Waals surface area (Å²) in [6, 6.07) is 3.37. The molecular weight excluding hydrogens is 194 g/mol. The zero-order chi connectivity index (χ0) is 11.4. The summed E-state index contributed by atoms with van der Waals surface area (Å²) in [5.74, 6) is 0.612. The molecule has 0 aliphatic carbocycles. The fourth-order valence-corrected chi connectivity index (χ4v) is 1.17. The lowest BCUT2D eigenvalue weighted by Gasteiger charge is -2.11. The smallest absolute Gasteiger partial charge is 0.374 e. The summed E-state index contributed by atoms with van der Waals surface area (Å²) < 4.78 is 10.2. The minimum Gasteiger partial charge on any atom is -0.460 e. The maximum Gasteiger partial charge on any atom is 0.374 e. The Morgan fingerprint density at radius 2 is 2.20 bits per heavy atom. The fraction of sp³-hybridized carbons (Fsp3) is 0.545. The molecule has 2 unspecified atom stereocenters. The molecule has 1 rings (SSSR count). The molecule has 1 aromatic rings. The number of furan rings is 1. The van der Waals surface area contributed by atoms with Gasteiger partial charge < -0.3 is 14.9 Å². The van der Waals surface area contributed by atoms with Gasteiger partial charge in [0.15, 0.2) is 0 Å². The van der Waals surface area contributed by atoms with Gasteiger partial charge in [0.05, 0.1) is 6.61 Å². The summed E-state index contributed by atoms with van der Waals surface area (Å²) in [4.78, 5) is 11.3. The maximum atomic E-state index is 11.3. The zero-order valence-corrected chi connectivity index (χ0v) is 9.32. The molecule has 0 radical (unpaired) electrons. The van der Waals surface area contributed by atoms with Gasteiger partial charge >= 0.3 is 5.97 Å². The molecule has 4 nitrogen and oxygen atoms in total. The van der Waals surface area contributed by atoms with Gasteiger partial charge in [0.1, 0.15) is 5.76 Å². The van der Waals surface area contributed by atoms with Crippen LogP contribution in [0.5, 0.6) is 0 Å². The molecule has 15 heavy (non-hydrogen) atoms. The Hall–Kier alpha value is -1.29. The van der Waals surface area contributed by atoms with Gasteiger partial charge in [-0.2, -0.15) is 0 Å². The van der Waals surface area contributed by atoms with Crippen molar-refractivity contribution in [2.24, 2.45) is 5.73 Å². The number of carbonyl (C=O) groups is 1. The SMILES string of the molecule is CCOC(=O)c1ccc(C(C)C(C)N)o1. The summed E-state index contributed by atoms with van der Waals surface area (Å²) in [6.45, 7) is 5.96. The first-order valence-corrected chi connectivity index (χ1v) is 5.08. The lowest BCUT2D eigenvalue weighted by molar-refractivity contribution is 0.0487. The number of carbonyl (C=O) groups excluding carboxylic acids is 1. The Labute approximate surface area is 89.4 Å². The average Bonchev–Trinajstić information content (AvgIpc) is 2.65. The molecule has 0 amide bonds. The topological polar surface area (TPSA) is 65.5 Å². The summed E-state index contributed by atoms with van der Waals surface area (Å²) in [5, 5.41) is 0. The van der Waals surface area contributed by atoms with E-state index < -0.39 is 5.97 Å². The van der Waals surface area contributed by atoms with Crippen molar-refractivity contribution in [1.29, 1.82) is 0 Å². The van der Waals surface area contributed by atoms with Crippen LogP contribution < -0.4 is 5.73 Å². The number of rotatable bonds is 4. The molecule has 0 spiro atoms. The monoisotopic (exact) mass is 211 g/mol. The predicted octanol–water partition coefficient (Wildman–Crippen LogP) is 1.91. The van der Waals surface area contributed by atoms with Gasteiger partial charge in [-0.05, 0) is 26.0 Å². The average molecular weight is 211 g/mol. The molecule has 1 aromatic heterocycles. The van der Waals surface area contributed by atoms with E-state index >= 15 is 0 Å². The van der Waals surface area contributed by atoms with Gasteiger partial charge in [-0.1, -0.05) is 6.92 Å². The summed E-state index contributed by atoms with van der Waals surface area (Å²) in [7, 11) is 0. The number of esters is 1. The molecule has 4 heteroatoms. The van der Waals surface area contributed by atoms with Crippen LogP contribution in [-0.2, 0) is 4.74 Å². The Morgan fingerprint density at radius 3 is 2.73 bits per heavy atom. The lowest BCUT2D eigenvalue weighted by Crippen LogP contribution is -2.22. The van der Waals surface area contributed by atoms with Crippen LogP contribution in [0.15, 0.2) is 16.5 Å². The van der Waals surface area contributed by atoms with Crippen LogP contribution in [0.2, 0.25) is 0 Å². The summed E-state index contributed by atoms with van der Waals surface area (Å²) in [5.41, 5.74) is 5.74. The summed E-state index contributed by atoms with van der Waals surface area (Å²) in [6.07, 6.45) is 0. The molecule has 0 aliphatic rings. The molecular formula is C11H17NO3. The van der Waals surface area contributed by atoms with Gasteiger partial charge in [-0.3, -0.25) is 0 Å². The van der Waals surface area contributed by atoms with E-state index in [4.69, 9.17) is 14.9 Å². The van der Waals surface area contributed by atoms with Crippen LogP contribution >= 0.6 is 0 Å². The second-order valence-electron chi connectivity index (χ2n) is 3.57. The minimum absolute atomic E-state index is 0.00815. The van der Waals surface area contributed by atoms with Crippen molar-refractivity contribution in [2.45, 2.75) is 32.7 Å². The molecule has 2 atom stereocenters. The number of hydrogen-bond donors (Lipinski definition) is 1. The van der Waals surface area contributed by atoms with Crippen molar-refractivity contribution in [2.75, 3.05) is 6.61 Å². The first-order valence-electron chi connectivity index (χ1n) is 5.08. The first kappa shape index (κ1) is 11.8. The second-order valence-corrected chi connectivity index (χ2v) is 3.57. The van der Waals surface area contributed by atoms with Crippen molar-refractivity contribution in [3.05, 3.63) is 23.7 Å². The largest absolute Gasteiger partial charge is 0.460 e. The Morgan fingerprint density at radius 1 is 1.53 bits per heavy atom. The van der Waals surface area contributed by atoms with E-state index in [2.05, 4.69) is 0 Å². The lowest BCUT2D eigenvalue weighted by atomic mass is 10.0. The van der Waals surface area contributed by atoms with Crippen LogP contribution in [0.3, 0.4) is 0 Å². The van der Waals surface area contributed by atoms with Crippen molar-refractivity contribution in [3.63, 3.8) is 0 Å². The normalized spacial score (nSPS) is 14.7. The van der Waals surface area contributed by atoms with Gasteiger partial charge in [0.25, 0.3) is 0 Å². The van der Waals surface area contributed by atoms with Gasteiger partial charge in [-0.15, -0.1) is 0 Å². The maximum absolute atomic E-state index is 11.3. The molecule has 0 aromatic carbocycles. The molecule has 2 N–H and O–H groups in total. The molecule has 84 valence electrons. The van der Waals surface area contributed by atoms with E-state index in [9.17, 15) is 4.79 Å². The minimum atomic E-state index is -0.430. The van der Waals surface area contributed by atoms with E-state index in [1.165, 1.54) is 0 Å². The van der Waals surface area contributed by atoms with Crippen LogP contribution in [0.25, 0.3) is 0 Å². The molecule has 0 saturated heterocycles. The van der Waals surface area contributed by atoms with Crippen LogP contribution in [0.1, 0.15) is 43.0 Å². The number of nitrogens with two attached hydrogens (primary N) is 1. The Bertz CT molecular complexity index is 330. The van der Waals surface area contributed by atoms with Crippen molar-refractivity contribution in [3.8, 4) is 0 Å². The van der Waals surface area contributed by atoms with Crippen molar-refractivity contribution < 1.29 is 13.9 Å².